The van der Waals surface area contributed by atoms with Crippen LogP contribution in [0.2, 0.25) is 0 Å². The average molecular weight is 267 g/mol. The Morgan fingerprint density at radius 1 is 1.16 bits per heavy atom. The first-order chi connectivity index (χ1) is 8.97. The quantitative estimate of drug-likeness (QED) is 0.910. The predicted molar refractivity (Wildman–Crippen MR) is 65.0 cm³/mol. The third kappa shape index (κ3) is 2.84. The van der Waals surface area contributed by atoms with E-state index in [9.17, 15) is 8.78 Å². The van der Waals surface area contributed by atoms with Crippen molar-refractivity contribution in [1.29, 1.82) is 0 Å². The molecule has 0 saturated carbocycles. The summed E-state index contributed by atoms with van der Waals surface area (Å²) in [7, 11) is 3.39. The third-order valence-corrected chi connectivity index (χ3v) is 2.14. The summed E-state index contributed by atoms with van der Waals surface area (Å²) in [4.78, 5) is 13.0. The molecule has 0 aliphatic rings. The van der Waals surface area contributed by atoms with Crippen LogP contribution in [0.15, 0.2) is 18.2 Å². The number of hydrogen-bond acceptors (Lipinski definition) is 6. The van der Waals surface area contributed by atoms with Crippen molar-refractivity contribution in [2.45, 2.75) is 0 Å². The zero-order chi connectivity index (χ0) is 14.0. The molecule has 1 heterocycles. The van der Waals surface area contributed by atoms with E-state index >= 15 is 0 Å². The van der Waals surface area contributed by atoms with Crippen molar-refractivity contribution in [1.82, 2.24) is 15.0 Å². The summed E-state index contributed by atoms with van der Waals surface area (Å²) >= 11 is 0. The van der Waals surface area contributed by atoms with Crippen LogP contribution in [0.1, 0.15) is 0 Å². The standard InChI is InChI=1S/C11H11F2N5O/c1-18(2)10-15-9(14)16-11(17-10)19-7-5-3-4-6(12)8(7)13/h3-5H,1-2H3,(H2,14,15,16,17). The fourth-order valence-corrected chi connectivity index (χ4v) is 1.27. The Bertz CT molecular complexity index is 606. The van der Waals surface area contributed by atoms with Gasteiger partial charge in [0, 0.05) is 14.1 Å². The van der Waals surface area contributed by atoms with E-state index < -0.39 is 11.6 Å². The highest BCUT2D eigenvalue weighted by molar-refractivity contribution is 5.35. The summed E-state index contributed by atoms with van der Waals surface area (Å²) in [5.41, 5.74) is 5.48. The zero-order valence-electron chi connectivity index (χ0n) is 10.3. The van der Waals surface area contributed by atoms with Gasteiger partial charge in [0.2, 0.25) is 17.7 Å². The van der Waals surface area contributed by atoms with Crippen LogP contribution in [-0.2, 0) is 0 Å². The van der Waals surface area contributed by atoms with Crippen LogP contribution in [0.4, 0.5) is 20.7 Å². The summed E-state index contributed by atoms with van der Waals surface area (Å²) in [5, 5.41) is 0. The van der Waals surface area contributed by atoms with Crippen LogP contribution >= 0.6 is 0 Å². The number of aromatic nitrogens is 3. The summed E-state index contributed by atoms with van der Waals surface area (Å²) in [6.07, 6.45) is 0. The van der Waals surface area contributed by atoms with Gasteiger partial charge in [0.15, 0.2) is 11.6 Å². The fourth-order valence-electron chi connectivity index (χ4n) is 1.27. The smallest absolute Gasteiger partial charge is 0.328 e. The number of nitrogen functional groups attached to an aromatic ring is 1. The number of hydrogen-bond donors (Lipinski definition) is 1. The second-order valence-electron chi connectivity index (χ2n) is 3.82. The predicted octanol–water partition coefficient (Wildman–Crippen LogP) is 1.59. The number of nitrogens with zero attached hydrogens (tertiary/aromatic N) is 4. The summed E-state index contributed by atoms with van der Waals surface area (Å²) in [6.45, 7) is 0. The number of nitrogens with two attached hydrogens (primary N) is 1. The number of anilines is 2. The molecular weight excluding hydrogens is 256 g/mol. The largest absolute Gasteiger partial charge is 0.421 e. The number of ether oxygens (including phenoxy) is 1. The van der Waals surface area contributed by atoms with Crippen LogP contribution in [0, 0.1) is 11.6 Å². The van der Waals surface area contributed by atoms with Crippen molar-refractivity contribution in [2.24, 2.45) is 0 Å². The first-order valence-electron chi connectivity index (χ1n) is 5.28. The number of benzene rings is 1. The van der Waals surface area contributed by atoms with Gasteiger partial charge in [-0.3, -0.25) is 0 Å². The van der Waals surface area contributed by atoms with E-state index in [-0.39, 0.29) is 23.7 Å². The highest BCUT2D eigenvalue weighted by Gasteiger charge is 2.13. The lowest BCUT2D eigenvalue weighted by Gasteiger charge is -2.11. The van der Waals surface area contributed by atoms with E-state index in [1.807, 2.05) is 0 Å². The van der Waals surface area contributed by atoms with Crippen LogP contribution in [0.25, 0.3) is 0 Å². The third-order valence-electron chi connectivity index (χ3n) is 2.14. The van der Waals surface area contributed by atoms with Gasteiger partial charge in [0.25, 0.3) is 0 Å². The van der Waals surface area contributed by atoms with Gasteiger partial charge in [0.05, 0.1) is 0 Å². The van der Waals surface area contributed by atoms with E-state index in [1.165, 1.54) is 12.1 Å². The first kappa shape index (κ1) is 12.9. The van der Waals surface area contributed by atoms with Gasteiger partial charge in [-0.25, -0.2) is 4.39 Å². The van der Waals surface area contributed by atoms with Crippen molar-refractivity contribution in [3.05, 3.63) is 29.8 Å². The average Bonchev–Trinajstić information content (AvgIpc) is 2.34. The molecule has 6 nitrogen and oxygen atoms in total. The Morgan fingerprint density at radius 3 is 2.58 bits per heavy atom. The van der Waals surface area contributed by atoms with Crippen LogP contribution < -0.4 is 15.4 Å². The molecule has 0 saturated heterocycles. The molecule has 0 radical (unpaired) electrons. The fraction of sp³-hybridized carbons (Fsp3) is 0.182. The van der Waals surface area contributed by atoms with Crippen LogP contribution in [0.3, 0.4) is 0 Å². The lowest BCUT2D eigenvalue weighted by Crippen LogP contribution is -2.15. The summed E-state index contributed by atoms with van der Waals surface area (Å²) in [5.74, 6) is -2.29. The Labute approximate surface area is 107 Å². The minimum absolute atomic E-state index is 0.0782. The second kappa shape index (κ2) is 5.01. The minimum atomic E-state index is -1.12. The molecule has 0 atom stereocenters. The van der Waals surface area contributed by atoms with E-state index in [2.05, 4.69) is 15.0 Å². The Hall–Kier alpha value is -2.51. The molecule has 0 aliphatic carbocycles. The van der Waals surface area contributed by atoms with Crippen molar-refractivity contribution >= 4 is 11.9 Å². The van der Waals surface area contributed by atoms with E-state index in [4.69, 9.17) is 10.5 Å². The van der Waals surface area contributed by atoms with Crippen molar-refractivity contribution in [3.8, 4) is 11.8 Å². The molecule has 1 aromatic carbocycles. The van der Waals surface area contributed by atoms with E-state index in [0.717, 1.165) is 6.07 Å². The molecule has 1 aromatic heterocycles. The van der Waals surface area contributed by atoms with Gasteiger partial charge in [-0.2, -0.15) is 19.3 Å². The normalized spacial score (nSPS) is 10.3. The molecule has 0 bridgehead atoms. The van der Waals surface area contributed by atoms with E-state index in [0.29, 0.717) is 0 Å². The maximum Gasteiger partial charge on any atom is 0.328 e. The SMILES string of the molecule is CN(C)c1nc(N)nc(Oc2cccc(F)c2F)n1. The van der Waals surface area contributed by atoms with Gasteiger partial charge in [-0.1, -0.05) is 6.07 Å². The Morgan fingerprint density at radius 2 is 1.89 bits per heavy atom. The van der Waals surface area contributed by atoms with Gasteiger partial charge >= 0.3 is 6.01 Å². The molecule has 0 aliphatic heterocycles. The first-order valence-corrected chi connectivity index (χ1v) is 5.28. The Kier molecular flexibility index (Phi) is 3.41. The summed E-state index contributed by atoms with van der Waals surface area (Å²) < 4.78 is 31.5. The van der Waals surface area contributed by atoms with Crippen molar-refractivity contribution in [3.63, 3.8) is 0 Å². The second-order valence-corrected chi connectivity index (χ2v) is 3.82. The molecule has 2 N–H and O–H groups in total. The van der Waals surface area contributed by atoms with Gasteiger partial charge < -0.3 is 15.4 Å². The van der Waals surface area contributed by atoms with Crippen molar-refractivity contribution < 1.29 is 13.5 Å². The molecule has 0 unspecified atom stereocenters. The molecule has 0 spiro atoms. The van der Waals surface area contributed by atoms with Crippen molar-refractivity contribution in [2.75, 3.05) is 24.7 Å². The number of halogens is 2. The highest BCUT2D eigenvalue weighted by Crippen LogP contribution is 2.24. The Balaban J connectivity index is 2.35. The van der Waals surface area contributed by atoms with Gasteiger partial charge in [-0.15, -0.1) is 0 Å². The lowest BCUT2D eigenvalue weighted by atomic mass is 10.3. The summed E-state index contributed by atoms with van der Waals surface area (Å²) in [6, 6.07) is 3.34. The zero-order valence-corrected chi connectivity index (χ0v) is 10.3. The van der Waals surface area contributed by atoms with Crippen LogP contribution in [-0.4, -0.2) is 29.0 Å². The van der Waals surface area contributed by atoms with Gasteiger partial charge in [-0.05, 0) is 12.1 Å². The number of rotatable bonds is 3. The van der Waals surface area contributed by atoms with Gasteiger partial charge in [0.1, 0.15) is 0 Å². The minimum Gasteiger partial charge on any atom is -0.421 e. The maximum absolute atomic E-state index is 13.4. The monoisotopic (exact) mass is 267 g/mol. The molecule has 0 fully saturated rings. The molecule has 100 valence electrons. The molecule has 8 heteroatoms. The molecule has 19 heavy (non-hydrogen) atoms. The molecular formula is C11H11F2N5O. The molecule has 0 amide bonds. The van der Waals surface area contributed by atoms with Crippen LogP contribution in [0.5, 0.6) is 11.8 Å². The molecule has 2 rings (SSSR count). The maximum atomic E-state index is 13.4. The molecule has 2 aromatic rings. The topological polar surface area (TPSA) is 77.2 Å². The van der Waals surface area contributed by atoms with E-state index in [1.54, 1.807) is 19.0 Å². The highest BCUT2D eigenvalue weighted by atomic mass is 19.2. The lowest BCUT2D eigenvalue weighted by molar-refractivity contribution is 0.392.